The van der Waals surface area contributed by atoms with Crippen LogP contribution in [0.1, 0.15) is 80.1 Å². The van der Waals surface area contributed by atoms with Gasteiger partial charge in [0.05, 0.1) is 24.7 Å². The molecular formula is C28H61NO12. The number of rotatable bonds is 3. The van der Waals surface area contributed by atoms with E-state index in [-0.39, 0.29) is 26.5 Å². The molecule has 1 heterocycles. The van der Waals surface area contributed by atoms with Crippen molar-refractivity contribution in [1.29, 1.82) is 0 Å². The summed E-state index contributed by atoms with van der Waals surface area (Å²) in [5, 5.41) is 38.1. The Hall–Kier alpha value is -3.32. The molecule has 0 bridgehead atoms. The molecule has 1 aromatic rings. The highest BCUT2D eigenvalue weighted by Crippen LogP contribution is 2.11. The molecule has 0 radical (unpaired) electrons. The normalized spacial score (nSPS) is 8.83. The standard InChI is InChI=1S/C7H5NO3.C4H8O.C3H6O2.C2H4O.C2H2O.2C2H6.4CH4O.2CH4/c9-5-6-1-3-7(4-2-6)8(10)11;1-2-4-3-5-4;1-3(4)5-2;2*1-2-3;6*1-2;;/h1-5H;4H,2-3H2,1H3;1-2H3;2H,1H3;1H2;2*1-2H3;4*2H,1H3;2*1H4. The quantitative estimate of drug-likeness (QED) is 0.0947. The Morgan fingerprint density at radius 1 is 1.02 bits per heavy atom. The number of aliphatic hydroxyl groups excluding tert-OH is 4. The smallest absolute Gasteiger partial charge is 0.302 e. The van der Waals surface area contributed by atoms with Crippen molar-refractivity contribution >= 4 is 30.2 Å². The molecule has 4 N–H and O–H groups in total. The van der Waals surface area contributed by atoms with Crippen LogP contribution in [0.15, 0.2) is 30.8 Å². The first-order valence-electron chi connectivity index (χ1n) is 11.5. The third-order valence-corrected chi connectivity index (χ3v) is 2.39. The second-order valence-corrected chi connectivity index (χ2v) is 4.41. The Labute approximate surface area is 249 Å². The first-order valence-corrected chi connectivity index (χ1v) is 11.5. The molecule has 1 aromatic carbocycles. The van der Waals surface area contributed by atoms with Gasteiger partial charge in [0, 0.05) is 53.1 Å². The fourth-order valence-corrected chi connectivity index (χ4v) is 0.978. The van der Waals surface area contributed by atoms with Crippen molar-refractivity contribution in [2.45, 2.75) is 75.8 Å². The van der Waals surface area contributed by atoms with Gasteiger partial charge in [-0.1, -0.05) is 49.5 Å². The Morgan fingerprint density at radius 3 is 1.37 bits per heavy atom. The minimum atomic E-state index is -0.505. The van der Waals surface area contributed by atoms with E-state index in [2.05, 4.69) is 18.2 Å². The molecule has 13 heteroatoms. The lowest BCUT2D eigenvalue weighted by molar-refractivity contribution is -0.384. The van der Waals surface area contributed by atoms with Crippen molar-refractivity contribution in [3.05, 3.63) is 46.5 Å². The molecule has 0 amide bonds. The van der Waals surface area contributed by atoms with Crippen LogP contribution < -0.4 is 0 Å². The fourth-order valence-electron chi connectivity index (χ4n) is 0.978. The van der Waals surface area contributed by atoms with Crippen molar-refractivity contribution in [2.75, 3.05) is 42.2 Å². The van der Waals surface area contributed by atoms with Crippen LogP contribution in [0.2, 0.25) is 0 Å². The van der Waals surface area contributed by atoms with Gasteiger partial charge < -0.3 is 34.7 Å². The summed E-state index contributed by atoms with van der Waals surface area (Å²) in [5.74, 6) is 1.00. The number of nitrogens with zero attached hydrogens (tertiary/aromatic N) is 1. The number of hydrogen-bond acceptors (Lipinski definition) is 12. The van der Waals surface area contributed by atoms with Gasteiger partial charge in [0.1, 0.15) is 18.5 Å². The molecule has 1 aliphatic heterocycles. The highest BCUT2D eigenvalue weighted by molar-refractivity contribution is 5.75. The van der Waals surface area contributed by atoms with Gasteiger partial charge in [-0.2, -0.15) is 0 Å². The minimum Gasteiger partial charge on any atom is -0.469 e. The average molecular weight is 604 g/mol. The average Bonchev–Trinajstić information content (AvgIpc) is 3.86. The van der Waals surface area contributed by atoms with Crippen molar-refractivity contribution in [2.24, 2.45) is 0 Å². The Balaban J connectivity index is -0.0000000292. The molecule has 250 valence electrons. The molecule has 0 aromatic heterocycles. The van der Waals surface area contributed by atoms with E-state index in [0.29, 0.717) is 18.0 Å². The molecule has 1 fully saturated rings. The van der Waals surface area contributed by atoms with Crippen LogP contribution in [-0.4, -0.2) is 98.1 Å². The number of epoxide rings is 1. The second kappa shape index (κ2) is 90.8. The zero-order chi connectivity index (χ0) is 33.7. The van der Waals surface area contributed by atoms with Gasteiger partial charge in [-0.3, -0.25) is 19.7 Å². The summed E-state index contributed by atoms with van der Waals surface area (Å²) in [6.07, 6.45) is 3.22. The van der Waals surface area contributed by atoms with Crippen LogP contribution in [0.5, 0.6) is 0 Å². The van der Waals surface area contributed by atoms with Crippen LogP contribution >= 0.6 is 0 Å². The first-order chi connectivity index (χ1) is 18.8. The summed E-state index contributed by atoms with van der Waals surface area (Å²) in [4.78, 5) is 46.7. The lowest BCUT2D eigenvalue weighted by Gasteiger charge is -1.89. The molecule has 41 heavy (non-hydrogen) atoms. The molecule has 1 aliphatic rings. The summed E-state index contributed by atoms with van der Waals surface area (Å²) >= 11 is 0. The van der Waals surface area contributed by atoms with E-state index >= 15 is 0 Å². The number of carbonyl (C=O) groups is 3. The number of benzene rings is 1. The van der Waals surface area contributed by atoms with Gasteiger partial charge in [0.25, 0.3) is 5.69 Å². The molecule has 1 saturated heterocycles. The summed E-state index contributed by atoms with van der Waals surface area (Å²) in [6, 6.07) is 5.41. The number of non-ortho nitro benzene ring substituents is 1. The molecular weight excluding hydrogens is 542 g/mol. The number of methoxy groups -OCH3 is 1. The van der Waals surface area contributed by atoms with E-state index in [1.54, 1.807) is 0 Å². The zero-order valence-corrected chi connectivity index (χ0v) is 25.7. The van der Waals surface area contributed by atoms with E-state index in [1.807, 2.05) is 27.7 Å². The van der Waals surface area contributed by atoms with Gasteiger partial charge in [-0.05, 0) is 32.1 Å². The number of esters is 1. The van der Waals surface area contributed by atoms with E-state index in [0.717, 1.165) is 41.3 Å². The zero-order valence-electron chi connectivity index (χ0n) is 25.7. The molecule has 0 saturated carbocycles. The number of nitro groups is 1. The van der Waals surface area contributed by atoms with Gasteiger partial charge in [0.2, 0.25) is 0 Å². The van der Waals surface area contributed by atoms with Gasteiger partial charge in [-0.15, -0.1) is 0 Å². The number of nitro benzene ring substituents is 1. The molecule has 2 rings (SSSR count). The van der Waals surface area contributed by atoms with Crippen LogP contribution in [0, 0.1) is 10.1 Å². The lowest BCUT2D eigenvalue weighted by Crippen LogP contribution is -1.88. The maximum Gasteiger partial charge on any atom is 0.302 e. The monoisotopic (exact) mass is 603 g/mol. The predicted molar refractivity (Wildman–Crippen MR) is 168 cm³/mol. The lowest BCUT2D eigenvalue weighted by atomic mass is 10.2. The number of aliphatic hydroxyl groups is 4. The second-order valence-electron chi connectivity index (χ2n) is 4.41. The van der Waals surface area contributed by atoms with E-state index in [4.69, 9.17) is 34.8 Å². The molecule has 13 nitrogen and oxygen atoms in total. The van der Waals surface area contributed by atoms with Crippen LogP contribution in [-0.2, 0) is 23.9 Å². The van der Waals surface area contributed by atoms with Crippen molar-refractivity contribution in [1.82, 2.24) is 0 Å². The van der Waals surface area contributed by atoms with Gasteiger partial charge >= 0.3 is 5.97 Å². The molecule has 1 unspecified atom stereocenters. The number of carbonyl (C=O) groups excluding carboxylic acids is 4. The third-order valence-electron chi connectivity index (χ3n) is 2.39. The van der Waals surface area contributed by atoms with E-state index < -0.39 is 4.92 Å². The summed E-state index contributed by atoms with van der Waals surface area (Å²) in [6.45, 7) is 16.6. The highest BCUT2D eigenvalue weighted by atomic mass is 16.6. The maximum atomic E-state index is 10.1. The number of aldehydes is 2. The molecule has 1 atom stereocenters. The van der Waals surface area contributed by atoms with Crippen LogP contribution in [0.25, 0.3) is 0 Å². The Bertz CT molecular complexity index is 586. The Morgan fingerprint density at radius 2 is 1.27 bits per heavy atom. The SMILES string of the molecule is C.C.C=C=O.CC.CC.CC=O.CCC1CO1.CO.CO.CO.CO.COC(C)=O.O=Cc1ccc([N+](=O)[O-])cc1. The largest absolute Gasteiger partial charge is 0.469 e. The maximum absolute atomic E-state index is 10.1. The van der Waals surface area contributed by atoms with Gasteiger partial charge in [-0.25, -0.2) is 4.79 Å². The Kier molecular flexibility index (Phi) is 158. The minimum absolute atomic E-state index is 0. The molecule has 0 aliphatic carbocycles. The fraction of sp³-hybridized carbons (Fsp3) is 0.607. The van der Waals surface area contributed by atoms with Crippen LogP contribution in [0.4, 0.5) is 5.69 Å². The number of ether oxygens (including phenoxy) is 2. The third kappa shape index (κ3) is 114. The van der Waals surface area contributed by atoms with Crippen molar-refractivity contribution in [3.63, 3.8) is 0 Å². The topological polar surface area (TPSA) is 214 Å². The predicted octanol–water partition coefficient (Wildman–Crippen LogP) is 4.35. The van der Waals surface area contributed by atoms with E-state index in [1.165, 1.54) is 57.6 Å². The van der Waals surface area contributed by atoms with Crippen molar-refractivity contribution in [3.8, 4) is 0 Å². The van der Waals surface area contributed by atoms with Crippen LogP contribution in [0.3, 0.4) is 0 Å². The van der Waals surface area contributed by atoms with E-state index in [9.17, 15) is 19.7 Å². The summed E-state index contributed by atoms with van der Waals surface area (Å²) in [7, 11) is 5.35. The highest BCUT2D eigenvalue weighted by Gasteiger charge is 2.18. The summed E-state index contributed by atoms with van der Waals surface area (Å²) in [5.41, 5.74) is 0.436. The van der Waals surface area contributed by atoms with Gasteiger partial charge in [0.15, 0.2) is 0 Å². The number of hydrogen-bond donors (Lipinski definition) is 4. The summed E-state index contributed by atoms with van der Waals surface area (Å²) < 4.78 is 8.97. The molecule has 0 spiro atoms. The van der Waals surface area contributed by atoms with Crippen molar-refractivity contribution < 1.29 is 54.0 Å². The first kappa shape index (κ1) is 71.2.